The first-order valence-electron chi connectivity index (χ1n) is 4.83. The van der Waals surface area contributed by atoms with Crippen LogP contribution in [-0.2, 0) is 6.42 Å². The molecule has 2 atom stereocenters. The smallest absolute Gasteiger partial charge is 0.0452 e. The van der Waals surface area contributed by atoms with E-state index in [9.17, 15) is 0 Å². The SMILES string of the molecule is Clc1cccc(Cl)c1CC1CSCC1Br. The van der Waals surface area contributed by atoms with Gasteiger partial charge in [0.05, 0.1) is 0 Å². The van der Waals surface area contributed by atoms with Gasteiger partial charge in [-0.2, -0.15) is 11.8 Å². The average molecular weight is 326 g/mol. The zero-order valence-corrected chi connectivity index (χ0v) is 12.0. The van der Waals surface area contributed by atoms with Crippen LogP contribution in [0.4, 0.5) is 0 Å². The van der Waals surface area contributed by atoms with E-state index in [0.29, 0.717) is 10.7 Å². The van der Waals surface area contributed by atoms with Gasteiger partial charge < -0.3 is 0 Å². The maximum Gasteiger partial charge on any atom is 0.0452 e. The summed E-state index contributed by atoms with van der Waals surface area (Å²) in [7, 11) is 0. The second-order valence-corrected chi connectivity index (χ2v) is 6.78. The fraction of sp³-hybridized carbons (Fsp3) is 0.455. The summed E-state index contributed by atoms with van der Waals surface area (Å²) in [6, 6.07) is 5.71. The largest absolute Gasteiger partial charge is 0.160 e. The van der Waals surface area contributed by atoms with Gasteiger partial charge in [0.2, 0.25) is 0 Å². The van der Waals surface area contributed by atoms with Crippen LogP contribution < -0.4 is 0 Å². The lowest BCUT2D eigenvalue weighted by atomic mass is 9.99. The summed E-state index contributed by atoms with van der Waals surface area (Å²) in [6.45, 7) is 0. The van der Waals surface area contributed by atoms with Crippen LogP contribution >= 0.6 is 50.9 Å². The number of thioether (sulfide) groups is 1. The average Bonchev–Trinajstić information content (AvgIpc) is 2.58. The second kappa shape index (κ2) is 5.31. The van der Waals surface area contributed by atoms with E-state index in [-0.39, 0.29) is 0 Å². The van der Waals surface area contributed by atoms with Gasteiger partial charge in [0.15, 0.2) is 0 Å². The Bertz CT molecular complexity index is 336. The number of hydrogen-bond donors (Lipinski definition) is 0. The molecule has 15 heavy (non-hydrogen) atoms. The van der Waals surface area contributed by atoms with Gasteiger partial charge in [-0.05, 0) is 35.8 Å². The molecule has 1 aromatic carbocycles. The topological polar surface area (TPSA) is 0 Å². The summed E-state index contributed by atoms with van der Waals surface area (Å²) in [5.74, 6) is 3.02. The first-order valence-corrected chi connectivity index (χ1v) is 7.66. The molecule has 1 aliphatic heterocycles. The van der Waals surface area contributed by atoms with Crippen LogP contribution in [0.1, 0.15) is 5.56 Å². The van der Waals surface area contributed by atoms with Gasteiger partial charge in [-0.3, -0.25) is 0 Å². The molecule has 0 spiro atoms. The Morgan fingerprint density at radius 1 is 1.27 bits per heavy atom. The maximum absolute atomic E-state index is 6.15. The molecule has 1 fully saturated rings. The highest BCUT2D eigenvalue weighted by Gasteiger charge is 2.26. The molecule has 1 aliphatic rings. The Hall–Kier alpha value is 0.630. The van der Waals surface area contributed by atoms with Gasteiger partial charge in [-0.1, -0.05) is 45.2 Å². The number of rotatable bonds is 2. The lowest BCUT2D eigenvalue weighted by molar-refractivity contribution is 0.616. The summed E-state index contributed by atoms with van der Waals surface area (Å²) in [5, 5.41) is 1.58. The molecule has 2 unspecified atom stereocenters. The van der Waals surface area contributed by atoms with E-state index in [1.165, 1.54) is 11.5 Å². The molecule has 4 heteroatoms. The van der Waals surface area contributed by atoms with E-state index in [1.54, 1.807) is 0 Å². The molecular weight excluding hydrogens is 315 g/mol. The minimum absolute atomic E-state index is 0.592. The zero-order chi connectivity index (χ0) is 10.8. The predicted octanol–water partition coefficient (Wildman–Crippen LogP) is 4.66. The van der Waals surface area contributed by atoms with Crippen molar-refractivity contribution in [2.75, 3.05) is 11.5 Å². The van der Waals surface area contributed by atoms with E-state index in [1.807, 2.05) is 30.0 Å². The minimum atomic E-state index is 0.592. The first kappa shape index (κ1) is 12.1. The third-order valence-corrected chi connectivity index (χ3v) is 6.12. The van der Waals surface area contributed by atoms with E-state index in [4.69, 9.17) is 23.2 Å². The molecule has 0 bridgehead atoms. The summed E-state index contributed by atoms with van der Waals surface area (Å²) >= 11 is 18.0. The lowest BCUT2D eigenvalue weighted by Crippen LogP contribution is -2.14. The molecule has 0 aromatic heterocycles. The fourth-order valence-electron chi connectivity index (χ4n) is 1.75. The van der Waals surface area contributed by atoms with Crippen LogP contribution in [-0.4, -0.2) is 16.3 Å². The Kier molecular flexibility index (Phi) is 4.28. The third kappa shape index (κ3) is 2.85. The Morgan fingerprint density at radius 3 is 2.47 bits per heavy atom. The summed E-state index contributed by atoms with van der Waals surface area (Å²) in [6.07, 6.45) is 0.974. The van der Waals surface area contributed by atoms with E-state index in [0.717, 1.165) is 22.0 Å². The summed E-state index contributed by atoms with van der Waals surface area (Å²) in [4.78, 5) is 0.592. The van der Waals surface area contributed by atoms with Gasteiger partial charge in [-0.15, -0.1) is 0 Å². The second-order valence-electron chi connectivity index (χ2n) is 3.72. The molecule has 0 N–H and O–H groups in total. The van der Waals surface area contributed by atoms with Crippen LogP contribution in [0.5, 0.6) is 0 Å². The normalized spacial score (nSPS) is 25.8. The van der Waals surface area contributed by atoms with Gasteiger partial charge in [-0.25, -0.2) is 0 Å². The van der Waals surface area contributed by atoms with Crippen molar-refractivity contribution in [1.82, 2.24) is 0 Å². The molecule has 0 amide bonds. The van der Waals surface area contributed by atoms with Crippen LogP contribution in [0.3, 0.4) is 0 Å². The quantitative estimate of drug-likeness (QED) is 0.712. The Labute approximate surface area is 113 Å². The summed E-state index contributed by atoms with van der Waals surface area (Å²) < 4.78 is 0. The number of alkyl halides is 1. The Balaban J connectivity index is 2.16. The van der Waals surface area contributed by atoms with Crippen molar-refractivity contribution in [2.24, 2.45) is 5.92 Å². The van der Waals surface area contributed by atoms with Gasteiger partial charge in [0.1, 0.15) is 0 Å². The third-order valence-electron chi connectivity index (χ3n) is 2.65. The van der Waals surface area contributed by atoms with Crippen molar-refractivity contribution < 1.29 is 0 Å². The van der Waals surface area contributed by atoms with Crippen molar-refractivity contribution in [3.05, 3.63) is 33.8 Å². The van der Waals surface area contributed by atoms with Gasteiger partial charge in [0, 0.05) is 20.6 Å². The van der Waals surface area contributed by atoms with Crippen LogP contribution in [0.15, 0.2) is 18.2 Å². The standard InChI is InChI=1S/C11H11BrCl2S/c12-9-6-15-5-7(9)4-8-10(13)2-1-3-11(8)14/h1-3,7,9H,4-6H2. The van der Waals surface area contributed by atoms with Crippen molar-refractivity contribution in [1.29, 1.82) is 0 Å². The van der Waals surface area contributed by atoms with Crippen molar-refractivity contribution in [3.63, 3.8) is 0 Å². The van der Waals surface area contributed by atoms with Crippen LogP contribution in [0.2, 0.25) is 10.0 Å². The van der Waals surface area contributed by atoms with E-state index in [2.05, 4.69) is 15.9 Å². The van der Waals surface area contributed by atoms with Crippen LogP contribution in [0, 0.1) is 5.92 Å². The maximum atomic E-state index is 6.15. The van der Waals surface area contributed by atoms with Gasteiger partial charge in [0.25, 0.3) is 0 Å². The highest BCUT2D eigenvalue weighted by atomic mass is 79.9. The highest BCUT2D eigenvalue weighted by Crippen LogP contribution is 2.35. The fourth-order valence-corrected chi connectivity index (χ4v) is 4.77. The molecule has 0 nitrogen and oxygen atoms in total. The number of benzene rings is 1. The summed E-state index contributed by atoms with van der Waals surface area (Å²) in [5.41, 5.74) is 1.10. The predicted molar refractivity (Wildman–Crippen MR) is 73.7 cm³/mol. The molecule has 1 saturated heterocycles. The molecule has 1 heterocycles. The molecule has 0 saturated carbocycles. The monoisotopic (exact) mass is 324 g/mol. The molecule has 2 rings (SSSR count). The number of hydrogen-bond acceptors (Lipinski definition) is 1. The highest BCUT2D eigenvalue weighted by molar-refractivity contribution is 9.09. The molecule has 0 aliphatic carbocycles. The Morgan fingerprint density at radius 2 is 1.93 bits per heavy atom. The lowest BCUT2D eigenvalue weighted by Gasteiger charge is -2.14. The van der Waals surface area contributed by atoms with Crippen molar-refractivity contribution in [2.45, 2.75) is 11.2 Å². The molecule has 0 radical (unpaired) electrons. The molecule has 82 valence electrons. The van der Waals surface area contributed by atoms with Crippen molar-refractivity contribution in [3.8, 4) is 0 Å². The zero-order valence-electron chi connectivity index (χ0n) is 8.05. The van der Waals surface area contributed by atoms with Crippen LogP contribution in [0.25, 0.3) is 0 Å². The molecular formula is C11H11BrCl2S. The van der Waals surface area contributed by atoms with Crippen molar-refractivity contribution >= 4 is 50.9 Å². The van der Waals surface area contributed by atoms with E-state index >= 15 is 0 Å². The first-order chi connectivity index (χ1) is 7.18. The molecule has 1 aromatic rings. The minimum Gasteiger partial charge on any atom is -0.160 e. The van der Waals surface area contributed by atoms with E-state index < -0.39 is 0 Å². The van der Waals surface area contributed by atoms with Gasteiger partial charge >= 0.3 is 0 Å². The number of halogens is 3.